The first-order valence-corrected chi connectivity index (χ1v) is 9.15. The SMILES string of the molecule is COC(=O)c1cccc2c1CN(C(C)(C)CCc1ccc(O)c(OC)c1)C2. The van der Waals surface area contributed by atoms with Gasteiger partial charge in [0.05, 0.1) is 19.8 Å². The molecule has 0 radical (unpaired) electrons. The fraction of sp³-hybridized carbons (Fsp3) is 0.409. The quantitative estimate of drug-likeness (QED) is 0.782. The summed E-state index contributed by atoms with van der Waals surface area (Å²) in [7, 11) is 2.98. The summed E-state index contributed by atoms with van der Waals surface area (Å²) in [6.45, 7) is 6.03. The van der Waals surface area contributed by atoms with E-state index in [2.05, 4.69) is 24.8 Å². The van der Waals surface area contributed by atoms with E-state index in [1.54, 1.807) is 13.2 Å². The molecular formula is C22H27NO4. The molecule has 2 aromatic rings. The molecule has 0 fully saturated rings. The molecule has 1 heterocycles. The number of rotatable bonds is 6. The molecule has 5 nitrogen and oxygen atoms in total. The van der Waals surface area contributed by atoms with Crippen LogP contribution in [0.2, 0.25) is 0 Å². The molecule has 0 aromatic heterocycles. The molecule has 0 aliphatic carbocycles. The third-order valence-electron chi connectivity index (χ3n) is 5.51. The molecule has 0 atom stereocenters. The molecule has 3 rings (SSSR count). The van der Waals surface area contributed by atoms with Gasteiger partial charge in [0, 0.05) is 18.6 Å². The average molecular weight is 369 g/mol. The number of hydrogen-bond acceptors (Lipinski definition) is 5. The molecule has 5 heteroatoms. The fourth-order valence-electron chi connectivity index (χ4n) is 3.64. The van der Waals surface area contributed by atoms with E-state index in [1.807, 2.05) is 24.3 Å². The summed E-state index contributed by atoms with van der Waals surface area (Å²) in [4.78, 5) is 14.5. The minimum Gasteiger partial charge on any atom is -0.504 e. The molecule has 0 bridgehead atoms. The molecule has 144 valence electrons. The summed E-state index contributed by atoms with van der Waals surface area (Å²) in [5.74, 6) is 0.384. The van der Waals surface area contributed by atoms with Crippen LogP contribution in [0.5, 0.6) is 11.5 Å². The lowest BCUT2D eigenvalue weighted by atomic mass is 9.93. The number of phenols is 1. The van der Waals surface area contributed by atoms with Crippen LogP contribution in [-0.2, 0) is 24.2 Å². The minimum atomic E-state index is -0.275. The fourth-order valence-corrected chi connectivity index (χ4v) is 3.64. The van der Waals surface area contributed by atoms with Crippen LogP contribution in [0.1, 0.15) is 47.3 Å². The maximum Gasteiger partial charge on any atom is 0.338 e. The highest BCUT2D eigenvalue weighted by Gasteiger charge is 2.33. The first kappa shape index (κ1) is 19.2. The molecule has 0 amide bonds. The van der Waals surface area contributed by atoms with Crippen molar-refractivity contribution in [3.63, 3.8) is 0 Å². The van der Waals surface area contributed by atoms with Gasteiger partial charge in [0.25, 0.3) is 0 Å². The Morgan fingerprint density at radius 2 is 1.96 bits per heavy atom. The second kappa shape index (κ2) is 7.61. The molecule has 1 N–H and O–H groups in total. The lowest BCUT2D eigenvalue weighted by Gasteiger charge is -2.35. The number of fused-ring (bicyclic) bond motifs is 1. The van der Waals surface area contributed by atoms with E-state index in [-0.39, 0.29) is 17.3 Å². The van der Waals surface area contributed by atoms with Crippen molar-refractivity contribution in [2.24, 2.45) is 0 Å². The van der Waals surface area contributed by atoms with E-state index in [9.17, 15) is 9.90 Å². The van der Waals surface area contributed by atoms with Crippen molar-refractivity contribution < 1.29 is 19.4 Å². The van der Waals surface area contributed by atoms with Crippen LogP contribution in [0, 0.1) is 0 Å². The van der Waals surface area contributed by atoms with E-state index in [1.165, 1.54) is 12.7 Å². The van der Waals surface area contributed by atoms with Gasteiger partial charge in [-0.1, -0.05) is 18.2 Å². The number of esters is 1. The predicted molar refractivity (Wildman–Crippen MR) is 104 cm³/mol. The topological polar surface area (TPSA) is 59.0 Å². The Morgan fingerprint density at radius 3 is 2.67 bits per heavy atom. The number of carbonyl (C=O) groups is 1. The molecule has 0 unspecified atom stereocenters. The molecule has 1 aliphatic heterocycles. The smallest absolute Gasteiger partial charge is 0.338 e. The summed E-state index contributed by atoms with van der Waals surface area (Å²) >= 11 is 0. The van der Waals surface area contributed by atoms with Crippen LogP contribution in [0.4, 0.5) is 0 Å². The van der Waals surface area contributed by atoms with Gasteiger partial charge in [-0.2, -0.15) is 0 Å². The number of benzene rings is 2. The maximum absolute atomic E-state index is 12.1. The van der Waals surface area contributed by atoms with E-state index < -0.39 is 0 Å². The molecular weight excluding hydrogens is 342 g/mol. The Morgan fingerprint density at radius 1 is 1.19 bits per heavy atom. The Bertz CT molecular complexity index is 844. The van der Waals surface area contributed by atoms with Crippen molar-refractivity contribution in [2.75, 3.05) is 14.2 Å². The summed E-state index contributed by atoms with van der Waals surface area (Å²) in [5, 5.41) is 9.76. The second-order valence-corrected chi connectivity index (χ2v) is 7.61. The van der Waals surface area contributed by atoms with Crippen molar-refractivity contribution in [3.05, 3.63) is 58.7 Å². The zero-order valence-corrected chi connectivity index (χ0v) is 16.4. The Kier molecular flexibility index (Phi) is 5.42. The summed E-state index contributed by atoms with van der Waals surface area (Å²) in [5.41, 5.74) is 4.01. The van der Waals surface area contributed by atoms with Crippen LogP contribution in [0.15, 0.2) is 36.4 Å². The number of ether oxygens (including phenoxy) is 2. The van der Waals surface area contributed by atoms with Gasteiger partial charge in [0.15, 0.2) is 11.5 Å². The van der Waals surface area contributed by atoms with Crippen LogP contribution < -0.4 is 4.74 Å². The molecule has 0 spiro atoms. The number of aromatic hydroxyl groups is 1. The average Bonchev–Trinajstić information content (AvgIpc) is 3.12. The summed E-state index contributed by atoms with van der Waals surface area (Å²) < 4.78 is 10.1. The van der Waals surface area contributed by atoms with Crippen LogP contribution >= 0.6 is 0 Å². The Labute approximate surface area is 160 Å². The number of nitrogens with zero attached hydrogens (tertiary/aromatic N) is 1. The maximum atomic E-state index is 12.1. The van der Waals surface area contributed by atoms with E-state index in [0.29, 0.717) is 11.3 Å². The van der Waals surface area contributed by atoms with Gasteiger partial charge in [0.1, 0.15) is 0 Å². The lowest BCUT2D eigenvalue weighted by molar-refractivity contribution is 0.0596. The van der Waals surface area contributed by atoms with Crippen LogP contribution in [0.25, 0.3) is 0 Å². The Hall–Kier alpha value is -2.53. The van der Waals surface area contributed by atoms with Crippen molar-refractivity contribution in [1.29, 1.82) is 0 Å². The monoisotopic (exact) mass is 369 g/mol. The first-order valence-electron chi connectivity index (χ1n) is 9.15. The van der Waals surface area contributed by atoms with Gasteiger partial charge in [-0.15, -0.1) is 0 Å². The van der Waals surface area contributed by atoms with Crippen molar-refractivity contribution in [2.45, 2.75) is 45.3 Å². The van der Waals surface area contributed by atoms with E-state index >= 15 is 0 Å². The predicted octanol–water partition coefficient (Wildman–Crippen LogP) is 3.91. The van der Waals surface area contributed by atoms with Crippen LogP contribution in [-0.4, -0.2) is 35.7 Å². The third-order valence-corrected chi connectivity index (χ3v) is 5.51. The number of aryl methyl sites for hydroxylation is 1. The van der Waals surface area contributed by atoms with Crippen molar-refractivity contribution >= 4 is 5.97 Å². The number of hydrogen-bond donors (Lipinski definition) is 1. The molecule has 0 saturated carbocycles. The highest BCUT2D eigenvalue weighted by molar-refractivity contribution is 5.91. The molecule has 1 aliphatic rings. The van der Waals surface area contributed by atoms with E-state index in [0.717, 1.165) is 37.1 Å². The normalized spacial score (nSPS) is 14.1. The van der Waals surface area contributed by atoms with Gasteiger partial charge in [-0.05, 0) is 61.6 Å². The number of phenolic OH excluding ortho intramolecular Hbond substituents is 1. The summed E-state index contributed by atoms with van der Waals surface area (Å²) in [6, 6.07) is 11.3. The van der Waals surface area contributed by atoms with Crippen LogP contribution in [0.3, 0.4) is 0 Å². The van der Waals surface area contributed by atoms with Gasteiger partial charge in [-0.3, -0.25) is 4.90 Å². The van der Waals surface area contributed by atoms with Crippen molar-refractivity contribution in [1.82, 2.24) is 4.90 Å². The molecule has 0 saturated heterocycles. The van der Waals surface area contributed by atoms with Gasteiger partial charge in [0.2, 0.25) is 0 Å². The van der Waals surface area contributed by atoms with Gasteiger partial charge < -0.3 is 14.6 Å². The van der Waals surface area contributed by atoms with Gasteiger partial charge in [-0.25, -0.2) is 4.79 Å². The van der Waals surface area contributed by atoms with Gasteiger partial charge >= 0.3 is 5.97 Å². The second-order valence-electron chi connectivity index (χ2n) is 7.61. The Balaban J connectivity index is 1.72. The number of carbonyl (C=O) groups excluding carboxylic acids is 1. The lowest BCUT2D eigenvalue weighted by Crippen LogP contribution is -2.40. The first-order chi connectivity index (χ1) is 12.9. The largest absolute Gasteiger partial charge is 0.504 e. The van der Waals surface area contributed by atoms with Crippen molar-refractivity contribution in [3.8, 4) is 11.5 Å². The molecule has 27 heavy (non-hydrogen) atoms. The highest BCUT2D eigenvalue weighted by atomic mass is 16.5. The van der Waals surface area contributed by atoms with E-state index in [4.69, 9.17) is 9.47 Å². The zero-order chi connectivity index (χ0) is 19.6. The third kappa shape index (κ3) is 3.93. The summed E-state index contributed by atoms with van der Waals surface area (Å²) in [6.07, 6.45) is 1.82. The number of methoxy groups -OCH3 is 2. The zero-order valence-electron chi connectivity index (χ0n) is 16.4. The highest BCUT2D eigenvalue weighted by Crippen LogP contribution is 2.34. The standard InChI is InChI=1S/C22H27NO4/c1-22(2,11-10-15-8-9-19(24)20(12-15)26-3)23-13-16-6-5-7-17(18(16)14-23)21(25)27-4/h5-9,12,24H,10-11,13-14H2,1-4H3. The molecule has 2 aromatic carbocycles. The minimum absolute atomic E-state index is 0.0441.